The quantitative estimate of drug-likeness (QED) is 0.578. The number of aromatic nitrogens is 4. The number of halogens is 1. The van der Waals surface area contributed by atoms with Gasteiger partial charge in [0.2, 0.25) is 10.0 Å². The molecule has 0 bridgehead atoms. The van der Waals surface area contributed by atoms with Gasteiger partial charge in [0.05, 0.1) is 17.1 Å². The number of amides is 1. The molecular formula is C22H27FN6O3S. The second kappa shape index (κ2) is 8.71. The fourth-order valence-corrected chi connectivity index (χ4v) is 6.05. The van der Waals surface area contributed by atoms with E-state index in [4.69, 9.17) is 0 Å². The minimum absolute atomic E-state index is 0.199. The second-order valence-corrected chi connectivity index (χ2v) is 10.1. The topological polar surface area (TPSA) is 93.3 Å². The van der Waals surface area contributed by atoms with Crippen molar-refractivity contribution < 1.29 is 17.6 Å². The molecule has 1 fully saturated rings. The first kappa shape index (κ1) is 23.1. The highest BCUT2D eigenvalue weighted by Gasteiger charge is 2.33. The molecule has 1 aliphatic rings. The number of sulfonamides is 1. The first-order chi connectivity index (χ1) is 15.6. The Bertz CT molecular complexity index is 1300. The van der Waals surface area contributed by atoms with E-state index in [1.165, 1.54) is 21.1 Å². The molecule has 9 nitrogen and oxygen atoms in total. The SMILES string of the molecule is Cc1nn(C)c(C)c1S(=O)(=O)N1CCCN(C(=O)c2cc(-c3ccc(F)cc3)nn2C)CC1. The normalized spacial score (nSPS) is 15.6. The molecule has 0 radical (unpaired) electrons. The van der Waals surface area contributed by atoms with Gasteiger partial charge in [-0.05, 0) is 50.6 Å². The van der Waals surface area contributed by atoms with Gasteiger partial charge in [-0.25, -0.2) is 12.8 Å². The van der Waals surface area contributed by atoms with Crippen molar-refractivity contribution >= 4 is 15.9 Å². The van der Waals surface area contributed by atoms with Crippen LogP contribution in [0, 0.1) is 19.7 Å². The van der Waals surface area contributed by atoms with Crippen LogP contribution in [0.4, 0.5) is 4.39 Å². The van der Waals surface area contributed by atoms with Crippen molar-refractivity contribution in [3.05, 3.63) is 53.2 Å². The number of nitrogens with zero attached hydrogens (tertiary/aromatic N) is 6. The molecule has 176 valence electrons. The largest absolute Gasteiger partial charge is 0.336 e. The van der Waals surface area contributed by atoms with Crippen LogP contribution >= 0.6 is 0 Å². The van der Waals surface area contributed by atoms with Crippen molar-refractivity contribution in [3.8, 4) is 11.3 Å². The summed E-state index contributed by atoms with van der Waals surface area (Å²) in [7, 11) is -0.316. The van der Waals surface area contributed by atoms with Crippen LogP contribution in [0.1, 0.15) is 28.3 Å². The van der Waals surface area contributed by atoms with E-state index < -0.39 is 10.0 Å². The fraction of sp³-hybridized carbons (Fsp3) is 0.409. The number of aryl methyl sites for hydroxylation is 3. The van der Waals surface area contributed by atoms with Gasteiger partial charge < -0.3 is 4.90 Å². The maximum absolute atomic E-state index is 13.3. The lowest BCUT2D eigenvalue weighted by molar-refractivity contribution is 0.0753. The summed E-state index contributed by atoms with van der Waals surface area (Å²) >= 11 is 0. The first-order valence-corrected chi connectivity index (χ1v) is 12.1. The molecule has 0 N–H and O–H groups in total. The summed E-state index contributed by atoms with van der Waals surface area (Å²) in [6.45, 7) is 4.66. The number of hydrogen-bond acceptors (Lipinski definition) is 5. The third kappa shape index (κ3) is 4.30. The van der Waals surface area contributed by atoms with Crippen LogP contribution in [-0.4, -0.2) is 69.3 Å². The minimum Gasteiger partial charge on any atom is -0.336 e. The van der Waals surface area contributed by atoms with Gasteiger partial charge in [0, 0.05) is 45.8 Å². The number of carbonyl (C=O) groups excluding carboxylic acids is 1. The monoisotopic (exact) mass is 474 g/mol. The van der Waals surface area contributed by atoms with Crippen LogP contribution in [-0.2, 0) is 24.1 Å². The lowest BCUT2D eigenvalue weighted by Crippen LogP contribution is -2.38. The molecule has 2 aromatic heterocycles. The first-order valence-electron chi connectivity index (χ1n) is 10.7. The van der Waals surface area contributed by atoms with Crippen molar-refractivity contribution in [1.82, 2.24) is 28.8 Å². The number of benzene rings is 1. The smallest absolute Gasteiger partial charge is 0.272 e. The summed E-state index contributed by atoms with van der Waals surface area (Å²) < 4.78 is 44.3. The van der Waals surface area contributed by atoms with Crippen molar-refractivity contribution in [2.24, 2.45) is 14.1 Å². The molecule has 1 amide bonds. The Labute approximate surface area is 192 Å². The Balaban J connectivity index is 1.52. The molecule has 0 unspecified atom stereocenters. The molecule has 11 heteroatoms. The van der Waals surface area contributed by atoms with Gasteiger partial charge in [0.25, 0.3) is 5.91 Å². The van der Waals surface area contributed by atoms with Crippen LogP contribution < -0.4 is 0 Å². The standard InChI is InChI=1S/C22H27FN6O3S/c1-15-21(16(2)26(3)24-15)33(31,32)29-11-5-10-28(12-13-29)22(30)20-14-19(25-27(20)4)17-6-8-18(23)9-7-17/h6-9,14H,5,10-13H2,1-4H3. The molecule has 33 heavy (non-hydrogen) atoms. The van der Waals surface area contributed by atoms with Crippen molar-refractivity contribution in [2.75, 3.05) is 26.2 Å². The summed E-state index contributed by atoms with van der Waals surface area (Å²) in [5.41, 5.74) is 2.73. The van der Waals surface area contributed by atoms with Crippen LogP contribution in [0.3, 0.4) is 0 Å². The van der Waals surface area contributed by atoms with E-state index in [0.29, 0.717) is 47.8 Å². The van der Waals surface area contributed by atoms with Gasteiger partial charge in [-0.2, -0.15) is 14.5 Å². The van der Waals surface area contributed by atoms with Crippen LogP contribution in [0.15, 0.2) is 35.2 Å². The summed E-state index contributed by atoms with van der Waals surface area (Å²) in [5, 5.41) is 8.63. The Morgan fingerprint density at radius 2 is 1.67 bits per heavy atom. The highest BCUT2D eigenvalue weighted by atomic mass is 32.2. The summed E-state index contributed by atoms with van der Waals surface area (Å²) in [4.78, 5) is 15.1. The molecule has 0 spiro atoms. The zero-order valence-electron chi connectivity index (χ0n) is 19.1. The number of carbonyl (C=O) groups is 1. The number of rotatable bonds is 4. The Morgan fingerprint density at radius 3 is 2.30 bits per heavy atom. The van der Waals surface area contributed by atoms with Gasteiger partial charge in [-0.1, -0.05) is 0 Å². The molecule has 0 aliphatic carbocycles. The zero-order valence-corrected chi connectivity index (χ0v) is 19.9. The van der Waals surface area contributed by atoms with Crippen LogP contribution in [0.25, 0.3) is 11.3 Å². The number of hydrogen-bond donors (Lipinski definition) is 0. The van der Waals surface area contributed by atoms with Crippen LogP contribution in [0.5, 0.6) is 0 Å². The molecule has 3 heterocycles. The molecular weight excluding hydrogens is 447 g/mol. The molecule has 0 saturated carbocycles. The van der Waals surface area contributed by atoms with Gasteiger partial charge in [0.1, 0.15) is 16.4 Å². The average Bonchev–Trinajstić information content (AvgIpc) is 3.14. The third-order valence-corrected chi connectivity index (χ3v) is 8.17. The molecule has 1 aliphatic heterocycles. The predicted octanol–water partition coefficient (Wildman–Crippen LogP) is 2.11. The molecule has 3 aromatic rings. The van der Waals surface area contributed by atoms with E-state index in [-0.39, 0.29) is 29.7 Å². The van der Waals surface area contributed by atoms with Gasteiger partial charge in [-0.3, -0.25) is 14.2 Å². The van der Waals surface area contributed by atoms with Gasteiger partial charge >= 0.3 is 0 Å². The Hall–Kier alpha value is -3.05. The molecule has 4 rings (SSSR count). The minimum atomic E-state index is -3.72. The Morgan fingerprint density at radius 1 is 0.970 bits per heavy atom. The zero-order chi connectivity index (χ0) is 23.9. The van der Waals surface area contributed by atoms with E-state index >= 15 is 0 Å². The van der Waals surface area contributed by atoms with E-state index in [0.717, 1.165) is 0 Å². The molecule has 1 saturated heterocycles. The third-order valence-electron chi connectivity index (χ3n) is 6.02. The molecule has 0 atom stereocenters. The Kier molecular flexibility index (Phi) is 6.10. The summed E-state index contributed by atoms with van der Waals surface area (Å²) in [6, 6.07) is 7.60. The summed E-state index contributed by atoms with van der Waals surface area (Å²) in [5.74, 6) is -0.557. The predicted molar refractivity (Wildman–Crippen MR) is 121 cm³/mol. The molecule has 1 aromatic carbocycles. The van der Waals surface area contributed by atoms with E-state index in [9.17, 15) is 17.6 Å². The van der Waals surface area contributed by atoms with E-state index in [2.05, 4.69) is 10.2 Å². The lowest BCUT2D eigenvalue weighted by atomic mass is 10.1. The summed E-state index contributed by atoms with van der Waals surface area (Å²) in [6.07, 6.45) is 0.520. The van der Waals surface area contributed by atoms with Crippen molar-refractivity contribution in [1.29, 1.82) is 0 Å². The van der Waals surface area contributed by atoms with Crippen molar-refractivity contribution in [3.63, 3.8) is 0 Å². The lowest BCUT2D eigenvalue weighted by Gasteiger charge is -2.22. The fourth-order valence-electron chi connectivity index (χ4n) is 4.18. The van der Waals surface area contributed by atoms with Crippen molar-refractivity contribution in [2.45, 2.75) is 25.2 Å². The second-order valence-electron chi connectivity index (χ2n) is 8.22. The maximum atomic E-state index is 13.3. The van der Waals surface area contributed by atoms with E-state index in [1.54, 1.807) is 55.7 Å². The average molecular weight is 475 g/mol. The van der Waals surface area contributed by atoms with Gasteiger partial charge in [0.15, 0.2) is 0 Å². The highest BCUT2D eigenvalue weighted by Crippen LogP contribution is 2.25. The highest BCUT2D eigenvalue weighted by molar-refractivity contribution is 7.89. The maximum Gasteiger partial charge on any atom is 0.272 e. The van der Waals surface area contributed by atoms with Gasteiger partial charge in [-0.15, -0.1) is 0 Å². The van der Waals surface area contributed by atoms with Crippen LogP contribution in [0.2, 0.25) is 0 Å². The van der Waals surface area contributed by atoms with E-state index in [1.807, 2.05) is 0 Å².